The Morgan fingerprint density at radius 3 is 1.80 bits per heavy atom. The first-order valence-electron chi connectivity index (χ1n) is 0.617. The Morgan fingerprint density at radius 2 is 1.80 bits per heavy atom. The molecular weight excluding hydrogens is 159 g/mol. The van der Waals surface area contributed by atoms with Gasteiger partial charge >= 0.3 is 4.88 Å². The van der Waals surface area contributed by atoms with Crippen LogP contribution < -0.4 is 0 Å². The number of hydrogen-bond donors (Lipinski definition) is 1. The number of hydrogen-bond acceptors (Lipinski definition) is 1. The van der Waals surface area contributed by atoms with Gasteiger partial charge in [0.15, 0.2) is 0 Å². The van der Waals surface area contributed by atoms with E-state index in [-0.39, 0.29) is 12.4 Å². The summed E-state index contributed by atoms with van der Waals surface area (Å²) in [5, 5.41) is 7.33. The fourth-order valence-corrected chi connectivity index (χ4v) is 0. The van der Waals surface area contributed by atoms with Crippen LogP contribution in [0.25, 0.3) is 0 Å². The van der Waals surface area contributed by atoms with E-state index in [1.165, 1.54) is 0 Å². The maximum atomic E-state index is 8.92. The van der Waals surface area contributed by atoms with Crippen molar-refractivity contribution >= 4 is 33.2 Å². The quantitative estimate of drug-likeness (QED) is 0.547. The molecule has 0 aromatic carbocycles. The molecule has 0 fully saturated rings. The third-order valence-corrected chi connectivity index (χ3v) is 0. The van der Waals surface area contributed by atoms with Crippen LogP contribution in [0.1, 0.15) is 0 Å². The van der Waals surface area contributed by atoms with Crippen LogP contribution in [0.4, 0.5) is 4.79 Å². The van der Waals surface area contributed by atoms with Crippen molar-refractivity contribution in [2.45, 2.75) is 0 Å². The Kier molecular flexibility index (Phi) is 7.61. The molecule has 0 spiro atoms. The van der Waals surface area contributed by atoms with Crippen molar-refractivity contribution in [2.24, 2.45) is 0 Å². The van der Waals surface area contributed by atoms with Crippen LogP contribution in [0, 0.1) is 0 Å². The van der Waals surface area contributed by atoms with Crippen molar-refractivity contribution in [3.05, 3.63) is 0 Å². The highest BCUT2D eigenvalue weighted by molar-refractivity contribution is 9.18. The maximum absolute atomic E-state index is 8.92. The highest BCUT2D eigenvalue weighted by atomic mass is 79.9. The Hall–Kier alpha value is 0.240. The number of carboxylic acid groups (broad SMARTS) is 1. The first-order chi connectivity index (χ1) is 1.73. The van der Waals surface area contributed by atoms with Gasteiger partial charge < -0.3 is 5.11 Å². The van der Waals surface area contributed by atoms with E-state index in [1.54, 1.807) is 0 Å². The Morgan fingerprint density at radius 1 is 1.80 bits per heavy atom. The van der Waals surface area contributed by atoms with Gasteiger partial charge in [-0.25, -0.2) is 4.79 Å². The molecule has 4 heteroatoms. The van der Waals surface area contributed by atoms with E-state index in [1.807, 2.05) is 0 Å². The van der Waals surface area contributed by atoms with Crippen LogP contribution >= 0.6 is 28.3 Å². The molecule has 0 bridgehead atoms. The fourth-order valence-electron chi connectivity index (χ4n) is 0. The summed E-state index contributed by atoms with van der Waals surface area (Å²) in [7, 11) is 0. The minimum Gasteiger partial charge on any atom is -0.473 e. The van der Waals surface area contributed by atoms with Crippen LogP contribution in [-0.4, -0.2) is 9.99 Å². The van der Waals surface area contributed by atoms with Gasteiger partial charge in [-0.3, -0.25) is 0 Å². The molecule has 0 aliphatic heterocycles. The Labute approximate surface area is 43.7 Å². The molecular formula is CH2BrClO2. The summed E-state index contributed by atoms with van der Waals surface area (Å²) in [5.74, 6) is 0. The largest absolute Gasteiger partial charge is 0.473 e. The molecule has 0 heterocycles. The van der Waals surface area contributed by atoms with Crippen molar-refractivity contribution in [1.82, 2.24) is 0 Å². The van der Waals surface area contributed by atoms with Crippen molar-refractivity contribution in [2.75, 3.05) is 0 Å². The van der Waals surface area contributed by atoms with E-state index < -0.39 is 4.88 Å². The van der Waals surface area contributed by atoms with Crippen LogP contribution in [-0.2, 0) is 0 Å². The first kappa shape index (κ1) is 8.97. The second kappa shape index (κ2) is 4.24. The number of rotatable bonds is 0. The molecule has 0 atom stereocenters. The van der Waals surface area contributed by atoms with Crippen molar-refractivity contribution < 1.29 is 9.90 Å². The molecule has 0 amide bonds. The molecule has 0 aliphatic carbocycles. The smallest absolute Gasteiger partial charge is 0.372 e. The number of carbonyl (C=O) groups is 1. The van der Waals surface area contributed by atoms with Gasteiger partial charge in [-0.05, 0) is 0 Å². The average Bonchev–Trinajstić information content (AvgIpc) is 0.811. The zero-order valence-electron chi connectivity index (χ0n) is 2.14. The van der Waals surface area contributed by atoms with Gasteiger partial charge in [0.25, 0.3) is 0 Å². The summed E-state index contributed by atoms with van der Waals surface area (Å²) in [6, 6.07) is 0. The molecule has 0 unspecified atom stereocenters. The minimum atomic E-state index is -1.02. The highest BCUT2D eigenvalue weighted by Gasteiger charge is 1.70. The summed E-state index contributed by atoms with van der Waals surface area (Å²) >= 11 is 2.19. The molecule has 32 valence electrons. The summed E-state index contributed by atoms with van der Waals surface area (Å²) in [6.07, 6.45) is 0. The van der Waals surface area contributed by atoms with E-state index in [4.69, 9.17) is 9.90 Å². The standard InChI is InChI=1S/CHBrO2.ClH/c2-1(3)4;/h(H,3,4);1H. The highest BCUT2D eigenvalue weighted by Crippen LogP contribution is 1.74. The monoisotopic (exact) mass is 160 g/mol. The second-order valence-corrected chi connectivity index (χ2v) is 0.931. The Bertz CT molecular complexity index is 32.6. The Balaban J connectivity index is 0. The van der Waals surface area contributed by atoms with Gasteiger partial charge in [-0.15, -0.1) is 12.4 Å². The third kappa shape index (κ3) is 369. The summed E-state index contributed by atoms with van der Waals surface area (Å²) < 4.78 is 0. The fraction of sp³-hybridized carbons (Fsp3) is 0. The summed E-state index contributed by atoms with van der Waals surface area (Å²) in [6.45, 7) is 0. The molecule has 1 N–H and O–H groups in total. The normalized spacial score (nSPS) is 5.00. The zero-order valence-corrected chi connectivity index (χ0v) is 4.54. The molecule has 2 nitrogen and oxygen atoms in total. The lowest BCUT2D eigenvalue weighted by Gasteiger charge is -1.56. The first-order valence-corrected chi connectivity index (χ1v) is 1.41. The molecule has 0 saturated carbocycles. The van der Waals surface area contributed by atoms with Gasteiger partial charge in [0.1, 0.15) is 0 Å². The minimum absolute atomic E-state index is 0. The van der Waals surface area contributed by atoms with Gasteiger partial charge in [-0.1, -0.05) is 0 Å². The van der Waals surface area contributed by atoms with E-state index >= 15 is 0 Å². The second-order valence-electron chi connectivity index (χ2n) is 0.253. The van der Waals surface area contributed by atoms with E-state index in [2.05, 4.69) is 15.9 Å². The topological polar surface area (TPSA) is 37.3 Å². The lowest BCUT2D eigenvalue weighted by Crippen LogP contribution is -1.65. The molecule has 0 radical (unpaired) electrons. The van der Waals surface area contributed by atoms with Crippen molar-refractivity contribution in [1.29, 1.82) is 0 Å². The van der Waals surface area contributed by atoms with Crippen LogP contribution in [0.15, 0.2) is 0 Å². The van der Waals surface area contributed by atoms with E-state index in [0.29, 0.717) is 0 Å². The van der Waals surface area contributed by atoms with Gasteiger partial charge in [0.2, 0.25) is 0 Å². The third-order valence-electron chi connectivity index (χ3n) is 0. The molecule has 0 rings (SSSR count). The lowest BCUT2D eigenvalue weighted by atomic mass is 11.7. The maximum Gasteiger partial charge on any atom is 0.372 e. The summed E-state index contributed by atoms with van der Waals surface area (Å²) in [5.41, 5.74) is 0. The summed E-state index contributed by atoms with van der Waals surface area (Å²) in [4.78, 5) is 7.90. The van der Waals surface area contributed by atoms with Gasteiger partial charge in [0, 0.05) is 15.9 Å². The van der Waals surface area contributed by atoms with Crippen LogP contribution in [0.5, 0.6) is 0 Å². The average molecular weight is 161 g/mol. The van der Waals surface area contributed by atoms with Crippen LogP contribution in [0.2, 0.25) is 0 Å². The predicted octanol–water partition coefficient (Wildman–Crippen LogP) is 1.48. The molecule has 0 aromatic rings. The predicted molar refractivity (Wildman–Crippen MR) is 24.2 cm³/mol. The van der Waals surface area contributed by atoms with Crippen molar-refractivity contribution in [3.63, 3.8) is 0 Å². The molecule has 5 heavy (non-hydrogen) atoms. The number of halogens is 2. The van der Waals surface area contributed by atoms with E-state index in [0.717, 1.165) is 0 Å². The SMILES string of the molecule is Cl.O=C(O)Br. The zero-order chi connectivity index (χ0) is 3.58. The van der Waals surface area contributed by atoms with Crippen LogP contribution in [0.3, 0.4) is 0 Å². The van der Waals surface area contributed by atoms with Gasteiger partial charge in [0.05, 0.1) is 0 Å². The lowest BCUT2D eigenvalue weighted by molar-refractivity contribution is 0.223. The van der Waals surface area contributed by atoms with E-state index in [9.17, 15) is 0 Å². The molecule has 0 saturated heterocycles. The van der Waals surface area contributed by atoms with Crippen molar-refractivity contribution in [3.8, 4) is 0 Å². The van der Waals surface area contributed by atoms with Gasteiger partial charge in [-0.2, -0.15) is 0 Å². The molecule has 0 aromatic heterocycles. The molecule has 0 aliphatic rings.